The standard InChI is InChI=1S/C28H33F3N4/c1-18(2)14-15-32-20(5)21-10-12-24(13-11-21)33-25(16-19(3)4)22-6-8-23(9-7-22)26-17-27(35-34-26)28(29,30)31/h6-13,19,25,32-33H,1,5,14-17H2,2-4H3. The molecule has 4 nitrogen and oxygen atoms in total. The van der Waals surface area contributed by atoms with E-state index in [1.165, 1.54) is 0 Å². The molecule has 1 atom stereocenters. The quantitative estimate of drug-likeness (QED) is 0.325. The van der Waals surface area contributed by atoms with Crippen LogP contribution in [-0.4, -0.2) is 24.1 Å². The maximum Gasteiger partial charge on any atom is 0.431 e. The number of hydrogen-bond donors (Lipinski definition) is 2. The normalized spacial score (nSPS) is 14.4. The summed E-state index contributed by atoms with van der Waals surface area (Å²) in [4.78, 5) is 0. The molecule has 0 saturated carbocycles. The molecule has 1 aliphatic heterocycles. The summed E-state index contributed by atoms with van der Waals surface area (Å²) in [6.45, 7) is 15.2. The second-order valence-electron chi connectivity index (χ2n) is 9.41. The molecule has 0 aliphatic carbocycles. The minimum Gasteiger partial charge on any atom is -0.385 e. The summed E-state index contributed by atoms with van der Waals surface area (Å²) in [5.41, 5.74) is 5.22. The smallest absolute Gasteiger partial charge is 0.385 e. The van der Waals surface area contributed by atoms with Crippen molar-refractivity contribution in [1.82, 2.24) is 5.32 Å². The Morgan fingerprint density at radius 3 is 2.20 bits per heavy atom. The highest BCUT2D eigenvalue weighted by atomic mass is 19.4. The largest absolute Gasteiger partial charge is 0.431 e. The zero-order valence-corrected chi connectivity index (χ0v) is 20.5. The van der Waals surface area contributed by atoms with Gasteiger partial charge < -0.3 is 10.6 Å². The van der Waals surface area contributed by atoms with Crippen LogP contribution in [0.4, 0.5) is 18.9 Å². The van der Waals surface area contributed by atoms with Crippen molar-refractivity contribution in [1.29, 1.82) is 0 Å². The second kappa shape index (κ2) is 11.4. The summed E-state index contributed by atoms with van der Waals surface area (Å²) >= 11 is 0. The van der Waals surface area contributed by atoms with E-state index in [4.69, 9.17) is 0 Å². The fourth-order valence-electron chi connectivity index (χ4n) is 3.82. The zero-order valence-electron chi connectivity index (χ0n) is 20.5. The molecule has 0 spiro atoms. The van der Waals surface area contributed by atoms with Gasteiger partial charge in [0.05, 0.1) is 11.8 Å². The van der Waals surface area contributed by atoms with Crippen LogP contribution in [0.15, 0.2) is 77.5 Å². The van der Waals surface area contributed by atoms with Gasteiger partial charge in [0, 0.05) is 24.4 Å². The Balaban J connectivity index is 1.66. The number of hydrogen-bond acceptors (Lipinski definition) is 4. The summed E-state index contributed by atoms with van der Waals surface area (Å²) < 4.78 is 38.6. The molecule has 0 fully saturated rings. The van der Waals surface area contributed by atoms with Crippen molar-refractivity contribution in [3.05, 3.63) is 84.0 Å². The Labute approximate surface area is 205 Å². The van der Waals surface area contributed by atoms with E-state index in [1.807, 2.05) is 55.5 Å². The Morgan fingerprint density at radius 2 is 1.66 bits per heavy atom. The Hall–Kier alpha value is -3.35. The molecule has 1 aliphatic rings. The van der Waals surface area contributed by atoms with Crippen LogP contribution >= 0.6 is 0 Å². The third-order valence-corrected chi connectivity index (χ3v) is 5.77. The Bertz CT molecular complexity index is 1090. The molecule has 3 rings (SSSR count). The predicted molar refractivity (Wildman–Crippen MR) is 140 cm³/mol. The van der Waals surface area contributed by atoms with Crippen LogP contribution in [0.25, 0.3) is 5.70 Å². The number of alkyl halides is 3. The van der Waals surface area contributed by atoms with Crippen molar-refractivity contribution in [2.24, 2.45) is 16.1 Å². The van der Waals surface area contributed by atoms with Gasteiger partial charge in [-0.25, -0.2) is 0 Å². The predicted octanol–water partition coefficient (Wildman–Crippen LogP) is 7.52. The van der Waals surface area contributed by atoms with Gasteiger partial charge in [-0.2, -0.15) is 18.3 Å². The molecular weight excluding hydrogens is 449 g/mol. The maximum atomic E-state index is 12.9. The van der Waals surface area contributed by atoms with E-state index in [0.717, 1.165) is 47.5 Å². The topological polar surface area (TPSA) is 48.8 Å². The third-order valence-electron chi connectivity index (χ3n) is 5.77. The molecule has 0 saturated heterocycles. The fraction of sp³-hybridized carbons (Fsp3) is 0.357. The highest BCUT2D eigenvalue weighted by Gasteiger charge is 2.38. The molecule has 2 N–H and O–H groups in total. The summed E-state index contributed by atoms with van der Waals surface area (Å²) in [7, 11) is 0. The Morgan fingerprint density at radius 1 is 1.00 bits per heavy atom. The molecule has 2 aromatic rings. The average Bonchev–Trinajstić information content (AvgIpc) is 3.30. The van der Waals surface area contributed by atoms with Crippen LogP contribution in [0.3, 0.4) is 0 Å². The molecule has 0 aromatic heterocycles. The third kappa shape index (κ3) is 7.57. The minimum absolute atomic E-state index is 0.0549. The number of benzene rings is 2. The molecule has 7 heteroatoms. The van der Waals surface area contributed by atoms with E-state index >= 15 is 0 Å². The van der Waals surface area contributed by atoms with Crippen LogP contribution in [-0.2, 0) is 0 Å². The lowest BCUT2D eigenvalue weighted by Crippen LogP contribution is -2.23. The Kier molecular flexibility index (Phi) is 8.54. The van der Waals surface area contributed by atoms with E-state index in [2.05, 4.69) is 47.8 Å². The summed E-state index contributed by atoms with van der Waals surface area (Å²) in [6.07, 6.45) is -2.94. The molecule has 186 valence electrons. The van der Waals surface area contributed by atoms with Gasteiger partial charge in [0.15, 0.2) is 0 Å². The number of anilines is 1. The molecule has 2 aromatic carbocycles. The van der Waals surface area contributed by atoms with E-state index in [-0.39, 0.29) is 12.5 Å². The number of nitrogens with zero attached hydrogens (tertiary/aromatic N) is 2. The van der Waals surface area contributed by atoms with Crippen molar-refractivity contribution in [3.8, 4) is 0 Å². The van der Waals surface area contributed by atoms with Crippen LogP contribution in [0.1, 0.15) is 62.8 Å². The first-order valence-electron chi connectivity index (χ1n) is 11.8. The first kappa shape index (κ1) is 26.3. The van der Waals surface area contributed by atoms with Crippen molar-refractivity contribution < 1.29 is 13.2 Å². The average molecular weight is 483 g/mol. The van der Waals surface area contributed by atoms with Gasteiger partial charge in [0.1, 0.15) is 5.71 Å². The maximum absolute atomic E-state index is 12.9. The molecule has 35 heavy (non-hydrogen) atoms. The van der Waals surface area contributed by atoms with Crippen LogP contribution in [0.5, 0.6) is 0 Å². The number of halogens is 3. The van der Waals surface area contributed by atoms with Gasteiger partial charge in [0.25, 0.3) is 0 Å². The molecule has 1 unspecified atom stereocenters. The van der Waals surface area contributed by atoms with Crippen molar-refractivity contribution in [3.63, 3.8) is 0 Å². The van der Waals surface area contributed by atoms with E-state index in [9.17, 15) is 13.2 Å². The van der Waals surface area contributed by atoms with Crippen LogP contribution in [0.2, 0.25) is 0 Å². The van der Waals surface area contributed by atoms with Gasteiger partial charge in [-0.3, -0.25) is 0 Å². The molecular formula is C28H33F3N4. The van der Waals surface area contributed by atoms with Crippen LogP contribution in [0, 0.1) is 5.92 Å². The SMILES string of the molecule is C=C(C)CCNC(=C)c1ccc(NC(CC(C)C)c2ccc(C3=NN=C(C(F)(F)F)C3)cc2)cc1. The zero-order chi connectivity index (χ0) is 25.6. The van der Waals surface area contributed by atoms with Crippen LogP contribution < -0.4 is 10.6 Å². The highest BCUT2D eigenvalue weighted by Crippen LogP contribution is 2.29. The second-order valence-corrected chi connectivity index (χ2v) is 9.41. The van der Waals surface area contributed by atoms with Gasteiger partial charge in [-0.05, 0) is 54.5 Å². The molecule has 0 radical (unpaired) electrons. The van der Waals surface area contributed by atoms with Gasteiger partial charge in [-0.15, -0.1) is 11.7 Å². The van der Waals surface area contributed by atoms with E-state index < -0.39 is 11.9 Å². The van der Waals surface area contributed by atoms with E-state index in [1.54, 1.807) is 0 Å². The van der Waals surface area contributed by atoms with Crippen molar-refractivity contribution >= 4 is 22.8 Å². The van der Waals surface area contributed by atoms with Crippen molar-refractivity contribution in [2.45, 2.75) is 52.3 Å². The summed E-state index contributed by atoms with van der Waals surface area (Å²) in [5.74, 6) is 0.450. The lowest BCUT2D eigenvalue weighted by Gasteiger charge is -2.23. The van der Waals surface area contributed by atoms with Crippen molar-refractivity contribution in [2.75, 3.05) is 11.9 Å². The summed E-state index contributed by atoms with van der Waals surface area (Å²) in [6, 6.07) is 15.7. The highest BCUT2D eigenvalue weighted by molar-refractivity contribution is 6.16. The summed E-state index contributed by atoms with van der Waals surface area (Å²) in [5, 5.41) is 14.0. The van der Waals surface area contributed by atoms with Gasteiger partial charge in [-0.1, -0.05) is 62.4 Å². The number of nitrogens with one attached hydrogen (secondary N) is 2. The first-order valence-corrected chi connectivity index (χ1v) is 11.8. The van der Waals surface area contributed by atoms with E-state index in [0.29, 0.717) is 17.2 Å². The molecule has 0 bridgehead atoms. The van der Waals surface area contributed by atoms with Gasteiger partial charge >= 0.3 is 6.18 Å². The first-order chi connectivity index (χ1) is 16.5. The minimum atomic E-state index is -4.44. The monoisotopic (exact) mass is 482 g/mol. The molecule has 0 amide bonds. The van der Waals surface area contributed by atoms with Gasteiger partial charge in [0.2, 0.25) is 0 Å². The lowest BCUT2D eigenvalue weighted by molar-refractivity contribution is -0.0596. The molecule has 1 heterocycles. The number of rotatable bonds is 11. The fourth-order valence-corrected chi connectivity index (χ4v) is 3.82. The lowest BCUT2D eigenvalue weighted by atomic mass is 9.94.